The lowest BCUT2D eigenvalue weighted by atomic mass is 10.0. The van der Waals surface area contributed by atoms with Crippen LogP contribution in [0.1, 0.15) is 59.3 Å². The monoisotopic (exact) mass is 406 g/mol. The summed E-state index contributed by atoms with van der Waals surface area (Å²) in [5, 5.41) is 29.0. The van der Waals surface area contributed by atoms with Crippen LogP contribution in [0.5, 0.6) is 0 Å². The fourth-order valence-corrected chi connectivity index (χ4v) is 2.13. The number of esters is 4. The predicted molar refractivity (Wildman–Crippen MR) is 94.7 cm³/mol. The van der Waals surface area contributed by atoms with Crippen LogP contribution >= 0.6 is 0 Å². The minimum atomic E-state index is -1.99. The third-order valence-corrected chi connectivity index (χ3v) is 3.55. The molecule has 0 aliphatic carbocycles. The molecule has 0 spiro atoms. The summed E-state index contributed by atoms with van der Waals surface area (Å²) in [6.07, 6.45) is -6.69. The molecule has 0 fully saturated rings. The Balaban J connectivity index is 5.74. The number of carbonyl (C=O) groups excluding carboxylic acids is 4. The summed E-state index contributed by atoms with van der Waals surface area (Å²) in [7, 11) is 0. The van der Waals surface area contributed by atoms with Crippen molar-refractivity contribution >= 4 is 23.9 Å². The van der Waals surface area contributed by atoms with E-state index in [1.807, 2.05) is 0 Å². The summed E-state index contributed by atoms with van der Waals surface area (Å²) in [6, 6.07) is 0. The first kappa shape index (κ1) is 26.0. The Morgan fingerprint density at radius 3 is 1.71 bits per heavy atom. The van der Waals surface area contributed by atoms with Crippen molar-refractivity contribution in [3.05, 3.63) is 0 Å². The maximum absolute atomic E-state index is 12.4. The van der Waals surface area contributed by atoms with Crippen molar-refractivity contribution in [1.29, 1.82) is 0 Å². The van der Waals surface area contributed by atoms with E-state index in [1.165, 1.54) is 0 Å². The molecule has 3 N–H and O–H groups in total. The van der Waals surface area contributed by atoms with E-state index < -0.39 is 54.9 Å². The van der Waals surface area contributed by atoms with Gasteiger partial charge in [0.2, 0.25) is 6.10 Å². The molecule has 0 radical (unpaired) electrons. The number of hydrogen-bond donors (Lipinski definition) is 3. The molecule has 0 rings (SSSR count). The zero-order chi connectivity index (χ0) is 21.7. The highest BCUT2D eigenvalue weighted by atomic mass is 16.6. The Hall–Kier alpha value is -2.04. The minimum absolute atomic E-state index is 0.0715. The van der Waals surface area contributed by atoms with Crippen LogP contribution in [0.4, 0.5) is 0 Å². The molecule has 10 heteroatoms. The van der Waals surface area contributed by atoms with Crippen LogP contribution in [-0.2, 0) is 33.4 Å². The number of ether oxygens (including phenoxy) is 3. The maximum atomic E-state index is 12.4. The van der Waals surface area contributed by atoms with Gasteiger partial charge in [0.15, 0.2) is 6.10 Å². The zero-order valence-corrected chi connectivity index (χ0v) is 16.5. The lowest BCUT2D eigenvalue weighted by Crippen LogP contribution is -2.53. The van der Waals surface area contributed by atoms with Crippen molar-refractivity contribution in [1.82, 2.24) is 0 Å². The van der Waals surface area contributed by atoms with E-state index in [9.17, 15) is 29.4 Å². The molecule has 0 unspecified atom stereocenters. The Bertz CT molecular complexity index is 518. The molecule has 10 nitrogen and oxygen atoms in total. The van der Waals surface area contributed by atoms with Crippen molar-refractivity contribution in [2.75, 3.05) is 6.61 Å². The Kier molecular flexibility index (Phi) is 13.0. The van der Waals surface area contributed by atoms with Crippen LogP contribution in [-0.4, -0.2) is 70.2 Å². The number of rotatable bonds is 13. The molecule has 162 valence electrons. The van der Waals surface area contributed by atoms with Crippen molar-refractivity contribution < 1.29 is 48.7 Å². The summed E-state index contributed by atoms with van der Waals surface area (Å²) >= 11 is 0. The second kappa shape index (κ2) is 14.0. The number of aliphatic hydroxyl groups is 3. The lowest BCUT2D eigenvalue weighted by molar-refractivity contribution is -0.198. The summed E-state index contributed by atoms with van der Waals surface area (Å²) in [5.41, 5.74) is 0. The van der Waals surface area contributed by atoms with Gasteiger partial charge in [-0.25, -0.2) is 4.79 Å². The molecule has 0 amide bonds. The quantitative estimate of drug-likeness (QED) is 0.216. The van der Waals surface area contributed by atoms with Gasteiger partial charge in [-0.3, -0.25) is 14.4 Å². The molecule has 0 aromatic carbocycles. The second-order valence-electron chi connectivity index (χ2n) is 6.15. The van der Waals surface area contributed by atoms with Gasteiger partial charge in [0.1, 0.15) is 12.2 Å². The summed E-state index contributed by atoms with van der Waals surface area (Å²) < 4.78 is 14.6. The normalized spacial score (nSPS) is 15.1. The number of carbonyl (C=O) groups is 4. The topological polar surface area (TPSA) is 157 Å². The molecule has 0 heterocycles. The minimum Gasteiger partial charge on any atom is -0.455 e. The van der Waals surface area contributed by atoms with E-state index in [0.717, 1.165) is 0 Å². The van der Waals surface area contributed by atoms with Crippen LogP contribution in [0.15, 0.2) is 0 Å². The molecular formula is C18H30O10. The average Bonchev–Trinajstić information content (AvgIpc) is 2.63. The smallest absolute Gasteiger partial charge is 0.359 e. The van der Waals surface area contributed by atoms with Crippen LogP contribution in [0.25, 0.3) is 0 Å². The Labute approximate surface area is 163 Å². The second-order valence-corrected chi connectivity index (χ2v) is 6.15. The molecule has 0 aromatic heterocycles. The van der Waals surface area contributed by atoms with E-state index in [-0.39, 0.29) is 19.3 Å². The van der Waals surface area contributed by atoms with Crippen molar-refractivity contribution in [3.63, 3.8) is 0 Å². The van der Waals surface area contributed by atoms with Crippen molar-refractivity contribution in [2.24, 2.45) is 0 Å². The van der Waals surface area contributed by atoms with Gasteiger partial charge in [-0.2, -0.15) is 0 Å². The molecule has 0 bridgehead atoms. The van der Waals surface area contributed by atoms with Gasteiger partial charge >= 0.3 is 23.9 Å². The van der Waals surface area contributed by atoms with E-state index in [4.69, 9.17) is 14.6 Å². The molecule has 0 saturated carbocycles. The average molecular weight is 406 g/mol. The first-order valence-electron chi connectivity index (χ1n) is 9.32. The molecule has 0 saturated heterocycles. The van der Waals surface area contributed by atoms with Gasteiger partial charge in [-0.15, -0.1) is 0 Å². The van der Waals surface area contributed by atoms with E-state index in [2.05, 4.69) is 4.74 Å². The van der Waals surface area contributed by atoms with Crippen LogP contribution in [0.2, 0.25) is 0 Å². The highest BCUT2D eigenvalue weighted by Crippen LogP contribution is 2.17. The van der Waals surface area contributed by atoms with Crippen LogP contribution < -0.4 is 0 Å². The molecular weight excluding hydrogens is 376 g/mol. The van der Waals surface area contributed by atoms with E-state index in [1.54, 1.807) is 20.8 Å². The summed E-state index contributed by atoms with van der Waals surface area (Å²) in [6.45, 7) is 4.14. The van der Waals surface area contributed by atoms with Gasteiger partial charge in [0, 0.05) is 19.3 Å². The number of aliphatic hydroxyl groups excluding tert-OH is 3. The standard InChI is InChI=1S/C18H30O10/c1-4-7-12(21)26-16(15(24)11(20)10-19)17(27-13(22)8-5-2)18(25)28-14(23)9-6-3/h11,15-17,19-20,24H,4-10H2,1-3H3/t11-,15-,16+,17-/m1/s1. The highest BCUT2D eigenvalue weighted by Gasteiger charge is 2.44. The van der Waals surface area contributed by atoms with Gasteiger partial charge in [-0.05, 0) is 19.3 Å². The van der Waals surface area contributed by atoms with Crippen molar-refractivity contribution in [3.8, 4) is 0 Å². The third-order valence-electron chi connectivity index (χ3n) is 3.55. The van der Waals surface area contributed by atoms with Crippen molar-refractivity contribution in [2.45, 2.75) is 83.7 Å². The van der Waals surface area contributed by atoms with E-state index in [0.29, 0.717) is 19.3 Å². The van der Waals surface area contributed by atoms with Crippen LogP contribution in [0, 0.1) is 0 Å². The Morgan fingerprint density at radius 2 is 1.25 bits per heavy atom. The fraction of sp³-hybridized carbons (Fsp3) is 0.778. The van der Waals surface area contributed by atoms with Crippen LogP contribution in [0.3, 0.4) is 0 Å². The SMILES string of the molecule is CCCC(=O)OC(=O)[C@H](OC(=O)CCC)[C@@H](OC(=O)CCC)[C@H](O)[C@H](O)CO. The van der Waals surface area contributed by atoms with Gasteiger partial charge in [0.05, 0.1) is 6.61 Å². The largest absolute Gasteiger partial charge is 0.455 e. The molecule has 0 aliphatic heterocycles. The molecule has 4 atom stereocenters. The molecule has 28 heavy (non-hydrogen) atoms. The summed E-state index contributed by atoms with van der Waals surface area (Å²) in [5.74, 6) is -3.92. The summed E-state index contributed by atoms with van der Waals surface area (Å²) in [4.78, 5) is 47.8. The van der Waals surface area contributed by atoms with Gasteiger partial charge < -0.3 is 29.5 Å². The predicted octanol–water partition coefficient (Wildman–Crippen LogP) is -0.00580. The maximum Gasteiger partial charge on any atom is 0.359 e. The third kappa shape index (κ3) is 9.25. The lowest BCUT2D eigenvalue weighted by Gasteiger charge is -2.30. The Morgan fingerprint density at radius 1 is 0.786 bits per heavy atom. The van der Waals surface area contributed by atoms with E-state index >= 15 is 0 Å². The van der Waals surface area contributed by atoms with Gasteiger partial charge in [0.25, 0.3) is 0 Å². The zero-order valence-electron chi connectivity index (χ0n) is 16.5. The molecule has 0 aromatic rings. The first-order chi connectivity index (χ1) is 13.2. The first-order valence-corrected chi connectivity index (χ1v) is 9.32. The fourth-order valence-electron chi connectivity index (χ4n) is 2.13. The molecule has 0 aliphatic rings. The number of hydrogen-bond acceptors (Lipinski definition) is 10. The highest BCUT2D eigenvalue weighted by molar-refractivity contribution is 5.89. The van der Waals surface area contributed by atoms with Gasteiger partial charge in [-0.1, -0.05) is 20.8 Å².